The molecule has 0 aliphatic heterocycles. The van der Waals surface area contributed by atoms with Gasteiger partial charge in [0.25, 0.3) is 0 Å². The van der Waals surface area contributed by atoms with Gasteiger partial charge >= 0.3 is 0 Å². The second kappa shape index (κ2) is 5.90. The molecule has 4 nitrogen and oxygen atoms in total. The van der Waals surface area contributed by atoms with Crippen LogP contribution in [0.2, 0.25) is 0 Å². The minimum absolute atomic E-state index is 0.0228. The van der Waals surface area contributed by atoms with E-state index in [-0.39, 0.29) is 11.9 Å². The van der Waals surface area contributed by atoms with Crippen LogP contribution in [-0.4, -0.2) is 27.7 Å². The van der Waals surface area contributed by atoms with Gasteiger partial charge in [-0.15, -0.1) is 0 Å². The summed E-state index contributed by atoms with van der Waals surface area (Å²) in [7, 11) is 0. The van der Waals surface area contributed by atoms with Gasteiger partial charge in [0.2, 0.25) is 5.91 Å². The Hall–Kier alpha value is -1.81. The van der Waals surface area contributed by atoms with Gasteiger partial charge in [-0.25, -0.2) is 0 Å². The summed E-state index contributed by atoms with van der Waals surface area (Å²) >= 11 is 0. The molecule has 21 heavy (non-hydrogen) atoms. The summed E-state index contributed by atoms with van der Waals surface area (Å²) in [5.41, 5.74) is 2.16. The van der Waals surface area contributed by atoms with Crippen LogP contribution >= 0.6 is 0 Å². The van der Waals surface area contributed by atoms with E-state index in [4.69, 9.17) is 0 Å². The maximum Gasteiger partial charge on any atom is 0.240 e. The monoisotopic (exact) mass is 286 g/mol. The molecule has 0 bridgehead atoms. The number of nitrogens with one attached hydrogen (secondary N) is 1. The van der Waals surface area contributed by atoms with Crippen molar-refractivity contribution in [2.24, 2.45) is 0 Å². The smallest absolute Gasteiger partial charge is 0.240 e. The van der Waals surface area contributed by atoms with Gasteiger partial charge in [0.1, 0.15) is 6.54 Å². The highest BCUT2D eigenvalue weighted by Gasteiger charge is 2.24. The number of aliphatic hydroxyl groups excluding tert-OH is 1. The zero-order valence-corrected chi connectivity index (χ0v) is 12.4. The molecule has 0 unspecified atom stereocenters. The van der Waals surface area contributed by atoms with E-state index in [1.165, 1.54) is 0 Å². The van der Waals surface area contributed by atoms with E-state index in [0.717, 1.165) is 42.3 Å². The molecule has 2 aromatic rings. The van der Waals surface area contributed by atoms with E-state index in [0.29, 0.717) is 6.54 Å². The van der Waals surface area contributed by atoms with Crippen molar-refractivity contribution in [3.63, 3.8) is 0 Å². The highest BCUT2D eigenvalue weighted by Crippen LogP contribution is 2.20. The summed E-state index contributed by atoms with van der Waals surface area (Å²) in [6.45, 7) is 2.32. The molecule has 3 rings (SSSR count). The van der Waals surface area contributed by atoms with Crippen LogP contribution in [0.4, 0.5) is 0 Å². The van der Waals surface area contributed by atoms with Crippen LogP contribution in [0.25, 0.3) is 10.9 Å². The third-order valence-electron chi connectivity index (χ3n) is 4.40. The summed E-state index contributed by atoms with van der Waals surface area (Å²) in [6, 6.07) is 10.1. The number of benzene rings is 1. The summed E-state index contributed by atoms with van der Waals surface area (Å²) in [6.07, 6.45) is 3.39. The molecule has 0 spiro atoms. The van der Waals surface area contributed by atoms with E-state index < -0.39 is 6.10 Å². The van der Waals surface area contributed by atoms with Crippen molar-refractivity contribution >= 4 is 16.8 Å². The fourth-order valence-corrected chi connectivity index (χ4v) is 3.23. The maximum atomic E-state index is 12.3. The highest BCUT2D eigenvalue weighted by molar-refractivity contribution is 5.84. The van der Waals surface area contributed by atoms with E-state index in [1.54, 1.807) is 0 Å². The van der Waals surface area contributed by atoms with Crippen LogP contribution in [0.1, 0.15) is 31.4 Å². The molecule has 1 amide bonds. The average Bonchev–Trinajstić information content (AvgIpc) is 2.78. The van der Waals surface area contributed by atoms with Crippen LogP contribution < -0.4 is 5.32 Å². The number of nitrogens with zero attached hydrogens (tertiary/aromatic N) is 1. The summed E-state index contributed by atoms with van der Waals surface area (Å²) in [5, 5.41) is 14.1. The van der Waals surface area contributed by atoms with Crippen LogP contribution in [0, 0.1) is 6.92 Å². The minimum Gasteiger partial charge on any atom is -0.391 e. The zero-order chi connectivity index (χ0) is 14.8. The SMILES string of the molecule is Cc1cc2ccccc2n1CC(=O)N[C@@H]1CCCC[C@H]1O. The van der Waals surface area contributed by atoms with Crippen LogP contribution in [0.5, 0.6) is 0 Å². The lowest BCUT2D eigenvalue weighted by Gasteiger charge is -2.28. The normalized spacial score (nSPS) is 22.4. The lowest BCUT2D eigenvalue weighted by molar-refractivity contribution is -0.123. The predicted octanol–water partition coefficient (Wildman–Crippen LogP) is 2.37. The average molecular weight is 286 g/mol. The number of carbonyl (C=O) groups excluding carboxylic acids is 1. The first-order valence-electron chi connectivity index (χ1n) is 7.67. The first-order chi connectivity index (χ1) is 10.1. The van der Waals surface area contributed by atoms with Gasteiger partial charge in [0.05, 0.1) is 12.1 Å². The van der Waals surface area contributed by atoms with Crippen LogP contribution in [-0.2, 0) is 11.3 Å². The summed E-state index contributed by atoms with van der Waals surface area (Å²) < 4.78 is 2.03. The van der Waals surface area contributed by atoms with E-state index in [1.807, 2.05) is 29.7 Å². The molecule has 1 aromatic heterocycles. The number of hydrogen-bond donors (Lipinski definition) is 2. The number of rotatable bonds is 3. The van der Waals surface area contributed by atoms with Gasteiger partial charge in [-0.3, -0.25) is 4.79 Å². The Balaban J connectivity index is 1.73. The molecular formula is C17H22N2O2. The van der Waals surface area contributed by atoms with Crippen molar-refractivity contribution in [2.45, 2.75) is 51.3 Å². The van der Waals surface area contributed by atoms with Crippen molar-refractivity contribution < 1.29 is 9.90 Å². The molecular weight excluding hydrogens is 264 g/mol. The Bertz CT molecular complexity index is 647. The predicted molar refractivity (Wildman–Crippen MR) is 83.1 cm³/mol. The lowest BCUT2D eigenvalue weighted by atomic mass is 9.92. The third kappa shape index (κ3) is 2.95. The standard InChI is InChI=1S/C17H22N2O2/c1-12-10-13-6-2-4-8-15(13)19(12)11-17(21)18-14-7-3-5-9-16(14)20/h2,4,6,8,10,14,16,20H,3,5,7,9,11H2,1H3,(H,18,21)/t14-,16-/m1/s1. The second-order valence-corrected chi connectivity index (χ2v) is 5.96. The maximum absolute atomic E-state index is 12.3. The van der Waals surface area contributed by atoms with E-state index in [2.05, 4.69) is 17.4 Å². The summed E-state index contributed by atoms with van der Waals surface area (Å²) in [4.78, 5) is 12.3. The lowest BCUT2D eigenvalue weighted by Crippen LogP contribution is -2.46. The van der Waals surface area contributed by atoms with Gasteiger partial charge in [0.15, 0.2) is 0 Å². The quantitative estimate of drug-likeness (QED) is 0.910. The third-order valence-corrected chi connectivity index (χ3v) is 4.40. The van der Waals surface area contributed by atoms with Gasteiger partial charge in [0, 0.05) is 11.2 Å². The van der Waals surface area contributed by atoms with Crippen molar-refractivity contribution in [1.29, 1.82) is 0 Å². The first kappa shape index (κ1) is 14.1. The number of aliphatic hydroxyl groups is 1. The van der Waals surface area contributed by atoms with Gasteiger partial charge < -0.3 is 15.0 Å². The van der Waals surface area contributed by atoms with Gasteiger partial charge in [-0.1, -0.05) is 31.0 Å². The molecule has 1 aliphatic rings. The molecule has 112 valence electrons. The number of para-hydroxylation sites is 1. The van der Waals surface area contributed by atoms with Crippen LogP contribution in [0.3, 0.4) is 0 Å². The topological polar surface area (TPSA) is 54.3 Å². The van der Waals surface area contributed by atoms with E-state index in [9.17, 15) is 9.90 Å². The van der Waals surface area contributed by atoms with E-state index >= 15 is 0 Å². The Kier molecular flexibility index (Phi) is 3.97. The number of fused-ring (bicyclic) bond motifs is 1. The summed E-state index contributed by atoms with van der Waals surface area (Å²) in [5.74, 6) is -0.0228. The second-order valence-electron chi connectivity index (χ2n) is 5.96. The Labute approximate surface area is 124 Å². The van der Waals surface area contributed by atoms with Crippen molar-refractivity contribution in [1.82, 2.24) is 9.88 Å². The number of carbonyl (C=O) groups is 1. The van der Waals surface area contributed by atoms with Crippen molar-refractivity contribution in [3.05, 3.63) is 36.0 Å². The first-order valence-corrected chi connectivity index (χ1v) is 7.67. The number of hydrogen-bond acceptors (Lipinski definition) is 2. The molecule has 0 saturated heterocycles. The van der Waals surface area contributed by atoms with Gasteiger partial charge in [-0.2, -0.15) is 0 Å². The minimum atomic E-state index is -0.398. The van der Waals surface area contributed by atoms with Crippen molar-refractivity contribution in [2.75, 3.05) is 0 Å². The Morgan fingerprint density at radius 1 is 1.33 bits per heavy atom. The van der Waals surface area contributed by atoms with Gasteiger partial charge in [-0.05, 0) is 37.3 Å². The Morgan fingerprint density at radius 2 is 2.10 bits per heavy atom. The fraction of sp³-hybridized carbons (Fsp3) is 0.471. The molecule has 2 atom stereocenters. The molecule has 1 heterocycles. The molecule has 4 heteroatoms. The molecule has 1 aromatic carbocycles. The number of amides is 1. The number of aryl methyl sites for hydroxylation is 1. The highest BCUT2D eigenvalue weighted by atomic mass is 16.3. The van der Waals surface area contributed by atoms with Crippen molar-refractivity contribution in [3.8, 4) is 0 Å². The molecule has 0 radical (unpaired) electrons. The molecule has 2 N–H and O–H groups in total. The van der Waals surface area contributed by atoms with Crippen LogP contribution in [0.15, 0.2) is 30.3 Å². The zero-order valence-electron chi connectivity index (χ0n) is 12.4. The fourth-order valence-electron chi connectivity index (χ4n) is 3.23. The molecule has 1 fully saturated rings. The molecule has 1 aliphatic carbocycles. The number of aromatic nitrogens is 1. The molecule has 1 saturated carbocycles. The Morgan fingerprint density at radius 3 is 2.90 bits per heavy atom. The largest absolute Gasteiger partial charge is 0.391 e.